The fraction of sp³-hybridized carbons (Fsp3) is 0.0833. The van der Waals surface area contributed by atoms with Crippen LogP contribution in [-0.2, 0) is 6.54 Å². The summed E-state index contributed by atoms with van der Waals surface area (Å²) in [6.07, 6.45) is 6.36. The maximum Gasteiger partial charge on any atom is 0.123 e. The summed E-state index contributed by atoms with van der Waals surface area (Å²) in [6, 6.07) is 21.0. The largest absolute Gasteiger partial charge is 0.342 e. The van der Waals surface area contributed by atoms with E-state index in [1.54, 1.807) is 0 Å². The third kappa shape index (κ3) is 3.96. The highest BCUT2D eigenvalue weighted by Gasteiger charge is 2.08. The Labute approximate surface area is 163 Å². The lowest BCUT2D eigenvalue weighted by atomic mass is 10.1. The molecule has 0 aliphatic heterocycles. The topological polar surface area (TPSA) is 4.93 Å². The number of fused-ring (bicyclic) bond motifs is 1. The highest BCUT2D eigenvalue weighted by Crippen LogP contribution is 2.27. The molecule has 3 aromatic carbocycles. The summed E-state index contributed by atoms with van der Waals surface area (Å²) in [5, 5.41) is 1.85. The van der Waals surface area contributed by atoms with Gasteiger partial charge < -0.3 is 4.57 Å². The van der Waals surface area contributed by atoms with Crippen LogP contribution in [0.25, 0.3) is 23.1 Å². The fourth-order valence-corrected chi connectivity index (χ4v) is 3.37. The van der Waals surface area contributed by atoms with Crippen molar-refractivity contribution in [2.75, 3.05) is 0 Å². The van der Waals surface area contributed by atoms with Crippen molar-refractivity contribution in [3.05, 3.63) is 106 Å². The molecule has 0 aliphatic rings. The van der Waals surface area contributed by atoms with Gasteiger partial charge in [-0.2, -0.15) is 0 Å². The van der Waals surface area contributed by atoms with Crippen LogP contribution in [0.15, 0.2) is 72.9 Å². The summed E-state index contributed by atoms with van der Waals surface area (Å²) in [5.41, 5.74) is 5.65. The Morgan fingerprint density at radius 1 is 0.926 bits per heavy atom. The van der Waals surface area contributed by atoms with Gasteiger partial charge in [0.2, 0.25) is 0 Å². The molecule has 1 aromatic heterocycles. The fourth-order valence-electron chi connectivity index (χ4n) is 3.21. The molecule has 0 spiro atoms. The highest BCUT2D eigenvalue weighted by atomic mass is 35.5. The molecule has 3 heteroatoms. The van der Waals surface area contributed by atoms with Crippen molar-refractivity contribution in [2.45, 2.75) is 13.5 Å². The van der Waals surface area contributed by atoms with E-state index < -0.39 is 0 Å². The summed E-state index contributed by atoms with van der Waals surface area (Å²) in [6.45, 7) is 2.75. The van der Waals surface area contributed by atoms with Crippen molar-refractivity contribution >= 4 is 34.7 Å². The maximum absolute atomic E-state index is 13.2. The van der Waals surface area contributed by atoms with E-state index in [9.17, 15) is 4.39 Å². The molecule has 4 aromatic rings. The lowest BCUT2D eigenvalue weighted by molar-refractivity contribution is 0.626. The van der Waals surface area contributed by atoms with Crippen LogP contribution < -0.4 is 0 Å². The smallest absolute Gasteiger partial charge is 0.123 e. The van der Waals surface area contributed by atoms with Crippen molar-refractivity contribution in [3.63, 3.8) is 0 Å². The van der Waals surface area contributed by atoms with Crippen LogP contribution in [0, 0.1) is 12.7 Å². The van der Waals surface area contributed by atoms with Crippen molar-refractivity contribution in [1.82, 2.24) is 4.57 Å². The molecule has 0 fully saturated rings. The van der Waals surface area contributed by atoms with Crippen LogP contribution in [0.3, 0.4) is 0 Å². The standard InChI is InChI=1S/C24H19ClFN/c1-17-2-4-18(5-3-17)6-9-20-16-27(15-19-7-11-22(26)12-8-19)24-14-21(25)10-13-23(20)24/h2-14,16H,15H2,1H3/b9-6+. The quantitative estimate of drug-likeness (QED) is 0.363. The predicted molar refractivity (Wildman–Crippen MR) is 113 cm³/mol. The molecule has 0 aliphatic carbocycles. The van der Waals surface area contributed by atoms with Gasteiger partial charge in [-0.3, -0.25) is 0 Å². The second-order valence-corrected chi connectivity index (χ2v) is 7.18. The van der Waals surface area contributed by atoms with E-state index in [4.69, 9.17) is 11.6 Å². The summed E-state index contributed by atoms with van der Waals surface area (Å²) in [7, 11) is 0. The molecule has 0 N–H and O–H groups in total. The van der Waals surface area contributed by atoms with Crippen LogP contribution in [0.1, 0.15) is 22.3 Å². The van der Waals surface area contributed by atoms with Gasteiger partial charge in [0, 0.05) is 28.7 Å². The molecule has 134 valence electrons. The molecule has 4 rings (SSSR count). The van der Waals surface area contributed by atoms with Gasteiger partial charge in [0.25, 0.3) is 0 Å². The lowest BCUT2D eigenvalue weighted by Crippen LogP contribution is -1.97. The average molecular weight is 376 g/mol. The minimum absolute atomic E-state index is 0.221. The van der Waals surface area contributed by atoms with Crippen molar-refractivity contribution in [3.8, 4) is 0 Å². The summed E-state index contributed by atoms with van der Waals surface area (Å²) < 4.78 is 15.3. The van der Waals surface area contributed by atoms with Crippen LogP contribution >= 0.6 is 11.6 Å². The summed E-state index contributed by atoms with van der Waals surface area (Å²) >= 11 is 6.23. The molecule has 27 heavy (non-hydrogen) atoms. The van der Waals surface area contributed by atoms with E-state index in [-0.39, 0.29) is 5.82 Å². The van der Waals surface area contributed by atoms with E-state index in [1.807, 2.05) is 30.3 Å². The molecule has 0 atom stereocenters. The van der Waals surface area contributed by atoms with Gasteiger partial charge in [-0.05, 0) is 42.3 Å². The van der Waals surface area contributed by atoms with Crippen LogP contribution in [0.5, 0.6) is 0 Å². The second kappa shape index (κ2) is 7.42. The SMILES string of the molecule is Cc1ccc(/C=C/c2cn(Cc3ccc(F)cc3)c3cc(Cl)ccc23)cc1. The van der Waals surface area contributed by atoms with Gasteiger partial charge in [0.15, 0.2) is 0 Å². The first kappa shape index (κ1) is 17.6. The maximum atomic E-state index is 13.2. The van der Waals surface area contributed by atoms with Crippen molar-refractivity contribution in [1.29, 1.82) is 0 Å². The zero-order valence-electron chi connectivity index (χ0n) is 15.0. The third-order valence-electron chi connectivity index (χ3n) is 4.67. The highest BCUT2D eigenvalue weighted by molar-refractivity contribution is 6.31. The van der Waals surface area contributed by atoms with Gasteiger partial charge in [-0.15, -0.1) is 0 Å². The van der Waals surface area contributed by atoms with Crippen molar-refractivity contribution < 1.29 is 4.39 Å². The van der Waals surface area contributed by atoms with Crippen LogP contribution in [0.2, 0.25) is 5.02 Å². The van der Waals surface area contributed by atoms with E-state index in [1.165, 1.54) is 17.7 Å². The van der Waals surface area contributed by atoms with Crippen LogP contribution in [0.4, 0.5) is 4.39 Å². The molecule has 0 radical (unpaired) electrons. The molecule has 0 saturated carbocycles. The van der Waals surface area contributed by atoms with Gasteiger partial charge in [-0.25, -0.2) is 4.39 Å². The summed E-state index contributed by atoms with van der Waals surface area (Å²) in [4.78, 5) is 0. The molecule has 1 heterocycles. The molecular weight excluding hydrogens is 357 g/mol. The molecule has 0 amide bonds. The number of hydrogen-bond donors (Lipinski definition) is 0. The summed E-state index contributed by atoms with van der Waals surface area (Å²) in [5.74, 6) is -0.221. The van der Waals surface area contributed by atoms with E-state index in [0.717, 1.165) is 27.6 Å². The number of halogens is 2. The average Bonchev–Trinajstić information content (AvgIpc) is 3.00. The lowest BCUT2D eigenvalue weighted by Gasteiger charge is -2.06. The minimum atomic E-state index is -0.221. The first-order chi connectivity index (χ1) is 13.1. The van der Waals surface area contributed by atoms with E-state index in [0.29, 0.717) is 11.6 Å². The number of aryl methyl sites for hydroxylation is 1. The Bertz CT molecular complexity index is 1110. The number of aromatic nitrogens is 1. The Kier molecular flexibility index (Phi) is 4.83. The molecule has 0 saturated heterocycles. The van der Waals surface area contributed by atoms with Gasteiger partial charge in [0.1, 0.15) is 5.82 Å². The van der Waals surface area contributed by atoms with Crippen LogP contribution in [-0.4, -0.2) is 4.57 Å². The monoisotopic (exact) mass is 375 g/mol. The Hall–Kier alpha value is -2.84. The number of hydrogen-bond acceptors (Lipinski definition) is 0. The second-order valence-electron chi connectivity index (χ2n) is 6.74. The molecule has 0 unspecified atom stereocenters. The van der Waals surface area contributed by atoms with Gasteiger partial charge in [0.05, 0.1) is 5.52 Å². The molecule has 0 bridgehead atoms. The Morgan fingerprint density at radius 2 is 1.67 bits per heavy atom. The number of rotatable bonds is 4. The Balaban J connectivity index is 1.72. The third-order valence-corrected chi connectivity index (χ3v) is 4.91. The minimum Gasteiger partial charge on any atom is -0.342 e. The zero-order valence-corrected chi connectivity index (χ0v) is 15.7. The van der Waals surface area contributed by atoms with E-state index >= 15 is 0 Å². The van der Waals surface area contributed by atoms with E-state index in [2.05, 4.69) is 54.1 Å². The normalized spacial score (nSPS) is 11.5. The van der Waals surface area contributed by atoms with Gasteiger partial charge in [-0.1, -0.05) is 71.8 Å². The Morgan fingerprint density at radius 3 is 2.41 bits per heavy atom. The molecule has 1 nitrogen and oxygen atoms in total. The number of benzene rings is 3. The first-order valence-corrected chi connectivity index (χ1v) is 9.24. The predicted octanol–water partition coefficient (Wildman–Crippen LogP) is 6.96. The number of nitrogens with zero attached hydrogens (tertiary/aromatic N) is 1. The van der Waals surface area contributed by atoms with Crippen molar-refractivity contribution in [2.24, 2.45) is 0 Å². The zero-order chi connectivity index (χ0) is 18.8. The van der Waals surface area contributed by atoms with Gasteiger partial charge >= 0.3 is 0 Å². The first-order valence-electron chi connectivity index (χ1n) is 8.86. The molecular formula is C24H19ClFN.